The van der Waals surface area contributed by atoms with E-state index in [9.17, 15) is 4.79 Å². The van der Waals surface area contributed by atoms with Crippen LogP contribution in [0.5, 0.6) is 11.5 Å². The van der Waals surface area contributed by atoms with Crippen LogP contribution in [0, 0.1) is 0 Å². The summed E-state index contributed by atoms with van der Waals surface area (Å²) < 4.78 is 11.2. The van der Waals surface area contributed by atoms with Crippen molar-refractivity contribution in [2.24, 2.45) is 0 Å². The molecule has 0 unspecified atom stereocenters. The molecule has 0 radical (unpaired) electrons. The van der Waals surface area contributed by atoms with Crippen molar-refractivity contribution >= 4 is 5.91 Å². The van der Waals surface area contributed by atoms with E-state index in [4.69, 9.17) is 9.47 Å². The molecule has 2 rings (SSSR count). The Morgan fingerprint density at radius 1 is 0.957 bits per heavy atom. The van der Waals surface area contributed by atoms with Crippen LogP contribution in [0.3, 0.4) is 0 Å². The van der Waals surface area contributed by atoms with Crippen LogP contribution >= 0.6 is 0 Å². The summed E-state index contributed by atoms with van der Waals surface area (Å²) >= 11 is 0. The molecule has 23 heavy (non-hydrogen) atoms. The largest absolute Gasteiger partial charge is 0.489 e. The molecule has 0 aromatic heterocycles. The number of rotatable bonds is 9. The van der Waals surface area contributed by atoms with Crippen LogP contribution in [0.4, 0.5) is 0 Å². The molecule has 0 aliphatic carbocycles. The minimum atomic E-state index is -0.0946. The second kappa shape index (κ2) is 9.51. The molecule has 0 bridgehead atoms. The number of benzene rings is 2. The van der Waals surface area contributed by atoms with Crippen LogP contribution in [-0.4, -0.2) is 19.1 Å². The molecule has 2 aromatic rings. The van der Waals surface area contributed by atoms with Gasteiger partial charge in [0.25, 0.3) is 5.91 Å². The van der Waals surface area contributed by atoms with Gasteiger partial charge in [-0.25, -0.2) is 0 Å². The van der Waals surface area contributed by atoms with E-state index in [1.807, 2.05) is 42.5 Å². The molecule has 4 nitrogen and oxygen atoms in total. The molecule has 0 spiro atoms. The van der Waals surface area contributed by atoms with Gasteiger partial charge in [0.05, 0.1) is 0 Å². The predicted octanol–water partition coefficient (Wildman–Crippen LogP) is 3.56. The van der Waals surface area contributed by atoms with Crippen molar-refractivity contribution in [1.82, 2.24) is 5.32 Å². The Morgan fingerprint density at radius 3 is 2.26 bits per heavy atom. The standard InChI is InChI=1S/C19H23NO3/c1-2-3-13-20-19(21)15-23-18-11-9-17(10-12-18)22-14-16-7-5-4-6-8-16/h4-12H,2-3,13-15H2,1H3,(H,20,21). The predicted molar refractivity (Wildman–Crippen MR) is 90.6 cm³/mol. The Balaban J connectivity index is 1.72. The zero-order valence-corrected chi connectivity index (χ0v) is 13.5. The van der Waals surface area contributed by atoms with Crippen LogP contribution in [0.15, 0.2) is 54.6 Å². The highest BCUT2D eigenvalue weighted by molar-refractivity contribution is 5.77. The van der Waals surface area contributed by atoms with Crippen molar-refractivity contribution in [1.29, 1.82) is 0 Å². The summed E-state index contributed by atoms with van der Waals surface area (Å²) in [4.78, 5) is 11.6. The van der Waals surface area contributed by atoms with E-state index < -0.39 is 0 Å². The third-order valence-corrected chi connectivity index (χ3v) is 3.29. The van der Waals surface area contributed by atoms with Gasteiger partial charge in [-0.15, -0.1) is 0 Å². The summed E-state index contributed by atoms with van der Waals surface area (Å²) in [6.07, 6.45) is 2.05. The van der Waals surface area contributed by atoms with Crippen molar-refractivity contribution in [3.8, 4) is 11.5 Å². The molecule has 122 valence electrons. The first-order chi connectivity index (χ1) is 11.3. The lowest BCUT2D eigenvalue weighted by atomic mass is 10.2. The summed E-state index contributed by atoms with van der Waals surface area (Å²) in [5, 5.41) is 2.82. The van der Waals surface area contributed by atoms with Crippen LogP contribution in [0.2, 0.25) is 0 Å². The van der Waals surface area contributed by atoms with Crippen molar-refractivity contribution in [2.45, 2.75) is 26.4 Å². The maximum Gasteiger partial charge on any atom is 0.257 e. The van der Waals surface area contributed by atoms with Crippen molar-refractivity contribution in [3.63, 3.8) is 0 Å². The van der Waals surface area contributed by atoms with E-state index in [0.29, 0.717) is 18.9 Å². The third-order valence-electron chi connectivity index (χ3n) is 3.29. The summed E-state index contributed by atoms with van der Waals surface area (Å²) in [6.45, 7) is 3.35. The molecular formula is C19H23NO3. The highest BCUT2D eigenvalue weighted by Gasteiger charge is 2.02. The van der Waals surface area contributed by atoms with E-state index in [2.05, 4.69) is 12.2 Å². The van der Waals surface area contributed by atoms with Gasteiger partial charge in [-0.2, -0.15) is 0 Å². The first-order valence-electron chi connectivity index (χ1n) is 7.94. The lowest BCUT2D eigenvalue weighted by molar-refractivity contribution is -0.123. The van der Waals surface area contributed by atoms with Gasteiger partial charge in [-0.05, 0) is 36.2 Å². The van der Waals surface area contributed by atoms with Gasteiger partial charge in [0.1, 0.15) is 18.1 Å². The van der Waals surface area contributed by atoms with E-state index in [0.717, 1.165) is 24.2 Å². The highest BCUT2D eigenvalue weighted by Crippen LogP contribution is 2.18. The van der Waals surface area contributed by atoms with Crippen molar-refractivity contribution < 1.29 is 14.3 Å². The lowest BCUT2D eigenvalue weighted by Gasteiger charge is -2.09. The fourth-order valence-electron chi connectivity index (χ4n) is 1.98. The SMILES string of the molecule is CCCCNC(=O)COc1ccc(OCc2ccccc2)cc1. The normalized spacial score (nSPS) is 10.1. The fourth-order valence-corrected chi connectivity index (χ4v) is 1.98. The Labute approximate surface area is 137 Å². The second-order valence-electron chi connectivity index (χ2n) is 5.24. The number of hydrogen-bond acceptors (Lipinski definition) is 3. The molecule has 0 aliphatic heterocycles. The molecule has 0 heterocycles. The summed E-state index contributed by atoms with van der Waals surface area (Å²) in [5.74, 6) is 1.33. The van der Waals surface area contributed by atoms with Crippen LogP contribution in [0.1, 0.15) is 25.3 Å². The Bertz CT molecular complexity index is 581. The molecule has 0 fully saturated rings. The molecule has 1 amide bonds. The number of carbonyl (C=O) groups excluding carboxylic acids is 1. The van der Waals surface area contributed by atoms with Crippen LogP contribution in [0.25, 0.3) is 0 Å². The molecule has 0 atom stereocenters. The number of ether oxygens (including phenoxy) is 2. The van der Waals surface area contributed by atoms with Gasteiger partial charge >= 0.3 is 0 Å². The molecular weight excluding hydrogens is 290 g/mol. The minimum absolute atomic E-state index is 0.0356. The van der Waals surface area contributed by atoms with Gasteiger partial charge < -0.3 is 14.8 Å². The monoisotopic (exact) mass is 313 g/mol. The van der Waals surface area contributed by atoms with Crippen LogP contribution in [-0.2, 0) is 11.4 Å². The number of amides is 1. The van der Waals surface area contributed by atoms with Gasteiger partial charge in [0.2, 0.25) is 0 Å². The lowest BCUT2D eigenvalue weighted by Crippen LogP contribution is -2.29. The number of nitrogens with one attached hydrogen (secondary N) is 1. The summed E-state index contributed by atoms with van der Waals surface area (Å²) in [6, 6.07) is 17.3. The molecule has 0 saturated heterocycles. The Hall–Kier alpha value is -2.49. The topological polar surface area (TPSA) is 47.6 Å². The minimum Gasteiger partial charge on any atom is -0.489 e. The van der Waals surface area contributed by atoms with E-state index in [-0.39, 0.29) is 12.5 Å². The molecule has 0 saturated carbocycles. The number of hydrogen-bond donors (Lipinski definition) is 1. The van der Waals surface area contributed by atoms with Gasteiger partial charge in [0.15, 0.2) is 6.61 Å². The first-order valence-corrected chi connectivity index (χ1v) is 7.94. The third kappa shape index (κ3) is 6.43. The quantitative estimate of drug-likeness (QED) is 0.720. The molecule has 1 N–H and O–H groups in total. The Kier molecular flexibility index (Phi) is 6.98. The van der Waals surface area contributed by atoms with E-state index >= 15 is 0 Å². The maximum absolute atomic E-state index is 11.6. The van der Waals surface area contributed by atoms with E-state index in [1.54, 1.807) is 12.1 Å². The van der Waals surface area contributed by atoms with E-state index in [1.165, 1.54) is 0 Å². The van der Waals surface area contributed by atoms with Crippen molar-refractivity contribution in [2.75, 3.05) is 13.2 Å². The van der Waals surface area contributed by atoms with Crippen molar-refractivity contribution in [3.05, 3.63) is 60.2 Å². The zero-order chi connectivity index (χ0) is 16.3. The highest BCUT2D eigenvalue weighted by atomic mass is 16.5. The number of carbonyl (C=O) groups is 1. The zero-order valence-electron chi connectivity index (χ0n) is 13.5. The first kappa shape index (κ1) is 16.9. The smallest absolute Gasteiger partial charge is 0.257 e. The average Bonchev–Trinajstić information content (AvgIpc) is 2.60. The molecule has 2 aromatic carbocycles. The number of unbranched alkanes of at least 4 members (excludes halogenated alkanes) is 1. The molecule has 0 aliphatic rings. The Morgan fingerprint density at radius 2 is 1.61 bits per heavy atom. The summed E-state index contributed by atoms with van der Waals surface area (Å²) in [7, 11) is 0. The molecule has 4 heteroatoms. The van der Waals surface area contributed by atoms with Gasteiger partial charge in [0, 0.05) is 6.54 Å². The summed E-state index contributed by atoms with van der Waals surface area (Å²) in [5.41, 5.74) is 1.12. The van der Waals surface area contributed by atoms with Gasteiger partial charge in [-0.1, -0.05) is 43.7 Å². The van der Waals surface area contributed by atoms with Crippen LogP contribution < -0.4 is 14.8 Å². The second-order valence-corrected chi connectivity index (χ2v) is 5.24. The fraction of sp³-hybridized carbons (Fsp3) is 0.316. The average molecular weight is 313 g/mol. The van der Waals surface area contributed by atoms with Gasteiger partial charge in [-0.3, -0.25) is 4.79 Å². The maximum atomic E-state index is 11.6.